The van der Waals surface area contributed by atoms with E-state index in [1.807, 2.05) is 30.3 Å². The van der Waals surface area contributed by atoms with Crippen molar-refractivity contribution < 1.29 is 9.13 Å². The van der Waals surface area contributed by atoms with Crippen LogP contribution >= 0.6 is 15.9 Å². The number of aromatic amines is 1. The van der Waals surface area contributed by atoms with Crippen molar-refractivity contribution in [1.82, 2.24) is 9.97 Å². The van der Waals surface area contributed by atoms with Gasteiger partial charge in [-0.05, 0) is 52.5 Å². The maximum Gasteiger partial charge on any atom is 0.290 e. The van der Waals surface area contributed by atoms with Gasteiger partial charge in [-0.1, -0.05) is 30.3 Å². The Morgan fingerprint density at radius 1 is 1.22 bits per heavy atom. The molecule has 0 spiro atoms. The maximum atomic E-state index is 14.0. The van der Waals surface area contributed by atoms with Crippen molar-refractivity contribution in [1.29, 1.82) is 0 Å². The van der Waals surface area contributed by atoms with Crippen molar-refractivity contribution in [3.05, 3.63) is 86.6 Å². The number of benzene rings is 2. The summed E-state index contributed by atoms with van der Waals surface area (Å²) in [6, 6.07) is 14.3. The van der Waals surface area contributed by atoms with Crippen LogP contribution in [0.5, 0.6) is 5.75 Å². The molecule has 0 atom stereocenters. The first kappa shape index (κ1) is 17.7. The number of nitrogens with zero attached hydrogens (tertiary/aromatic N) is 1. The van der Waals surface area contributed by atoms with E-state index >= 15 is 0 Å². The third-order valence-corrected chi connectivity index (χ3v) is 4.96. The van der Waals surface area contributed by atoms with Crippen LogP contribution in [0.15, 0.2) is 64.1 Å². The van der Waals surface area contributed by atoms with E-state index in [1.54, 1.807) is 6.07 Å². The van der Waals surface area contributed by atoms with Crippen molar-refractivity contribution in [2.45, 2.75) is 25.0 Å². The van der Waals surface area contributed by atoms with Crippen molar-refractivity contribution in [2.75, 3.05) is 5.32 Å². The van der Waals surface area contributed by atoms with Crippen LogP contribution in [0.25, 0.3) is 0 Å². The molecule has 1 fully saturated rings. The van der Waals surface area contributed by atoms with E-state index < -0.39 is 5.54 Å². The molecule has 0 radical (unpaired) electrons. The molecule has 2 N–H and O–H groups in total. The molecule has 0 saturated heterocycles. The lowest BCUT2D eigenvalue weighted by molar-refractivity contribution is 0.300. The van der Waals surface area contributed by atoms with Gasteiger partial charge in [-0.15, -0.1) is 0 Å². The molecule has 27 heavy (non-hydrogen) atoms. The number of ether oxygens (including phenoxy) is 1. The van der Waals surface area contributed by atoms with Crippen LogP contribution in [-0.2, 0) is 12.1 Å². The first-order chi connectivity index (χ1) is 13.1. The highest BCUT2D eigenvalue weighted by Gasteiger charge is 2.47. The molecule has 4 rings (SSSR count). The van der Waals surface area contributed by atoms with E-state index in [0.717, 1.165) is 18.4 Å². The van der Waals surface area contributed by atoms with Gasteiger partial charge in [-0.3, -0.25) is 4.79 Å². The molecule has 5 nitrogen and oxygen atoms in total. The minimum atomic E-state index is -0.561. The van der Waals surface area contributed by atoms with Gasteiger partial charge in [0.1, 0.15) is 22.8 Å². The highest BCUT2D eigenvalue weighted by Crippen LogP contribution is 2.51. The summed E-state index contributed by atoms with van der Waals surface area (Å²) in [5.74, 6) is 0.443. The van der Waals surface area contributed by atoms with Crippen molar-refractivity contribution in [3.63, 3.8) is 0 Å². The maximum absolute atomic E-state index is 14.0. The topological polar surface area (TPSA) is 67.0 Å². The smallest absolute Gasteiger partial charge is 0.290 e. The zero-order valence-corrected chi connectivity index (χ0v) is 15.9. The van der Waals surface area contributed by atoms with Crippen LogP contribution in [0, 0.1) is 5.82 Å². The number of rotatable bonds is 6. The molecule has 138 valence electrons. The number of anilines is 1. The quantitative estimate of drug-likeness (QED) is 0.610. The van der Waals surface area contributed by atoms with Gasteiger partial charge in [0.05, 0.1) is 5.54 Å². The fourth-order valence-electron chi connectivity index (χ4n) is 3.02. The SMILES string of the molecule is O=c1[nH]cc(Br)nc1NC1(c2cc(F)ccc2OCc2ccccc2)CC1. The van der Waals surface area contributed by atoms with Crippen LogP contribution in [0.3, 0.4) is 0 Å². The van der Waals surface area contributed by atoms with Crippen LogP contribution in [0.2, 0.25) is 0 Å². The second kappa shape index (κ2) is 7.15. The van der Waals surface area contributed by atoms with E-state index in [9.17, 15) is 9.18 Å². The first-order valence-electron chi connectivity index (χ1n) is 8.56. The summed E-state index contributed by atoms with van der Waals surface area (Å²) in [6.07, 6.45) is 2.99. The summed E-state index contributed by atoms with van der Waals surface area (Å²) in [4.78, 5) is 18.9. The van der Waals surface area contributed by atoms with Gasteiger partial charge in [-0.2, -0.15) is 0 Å². The molecule has 0 amide bonds. The minimum Gasteiger partial charge on any atom is -0.489 e. The highest BCUT2D eigenvalue weighted by atomic mass is 79.9. The second-order valence-electron chi connectivity index (χ2n) is 6.52. The normalized spacial score (nSPS) is 14.6. The summed E-state index contributed by atoms with van der Waals surface area (Å²) < 4.78 is 20.5. The number of hydrogen-bond donors (Lipinski definition) is 2. The lowest BCUT2D eigenvalue weighted by Crippen LogP contribution is -2.26. The van der Waals surface area contributed by atoms with Gasteiger partial charge in [-0.25, -0.2) is 9.37 Å². The summed E-state index contributed by atoms with van der Waals surface area (Å²) in [7, 11) is 0. The average molecular weight is 430 g/mol. The Hall–Kier alpha value is -2.67. The zero-order chi connectivity index (χ0) is 18.9. The van der Waals surface area contributed by atoms with Crippen LogP contribution in [-0.4, -0.2) is 9.97 Å². The molecule has 1 aliphatic rings. The Labute approximate surface area is 163 Å². The standard InChI is InChI=1S/C20H17BrFN3O2/c21-17-11-23-19(26)18(24-17)25-20(8-9-20)15-10-14(22)6-7-16(15)27-12-13-4-2-1-3-5-13/h1-7,10-11H,8-9,12H2,(H,23,26)(H,24,25). The molecule has 1 aliphatic carbocycles. The van der Waals surface area contributed by atoms with Gasteiger partial charge >= 0.3 is 0 Å². The number of H-pyrrole nitrogens is 1. The Bertz CT molecular complexity index is 1020. The largest absolute Gasteiger partial charge is 0.489 e. The molecule has 7 heteroatoms. The van der Waals surface area contributed by atoms with Crippen molar-refractivity contribution in [2.24, 2.45) is 0 Å². The number of nitrogens with one attached hydrogen (secondary N) is 2. The van der Waals surface area contributed by atoms with Crippen molar-refractivity contribution >= 4 is 21.7 Å². The average Bonchev–Trinajstić information content (AvgIpc) is 3.45. The molecule has 2 aromatic carbocycles. The number of aromatic nitrogens is 2. The molecular weight excluding hydrogens is 413 g/mol. The summed E-state index contributed by atoms with van der Waals surface area (Å²) in [5, 5.41) is 3.19. The van der Waals surface area contributed by atoms with Crippen molar-refractivity contribution in [3.8, 4) is 5.75 Å². The second-order valence-corrected chi connectivity index (χ2v) is 7.34. The van der Waals surface area contributed by atoms with Gasteiger partial charge in [0.2, 0.25) is 0 Å². The third-order valence-electron chi connectivity index (χ3n) is 4.56. The zero-order valence-electron chi connectivity index (χ0n) is 14.3. The Morgan fingerprint density at radius 3 is 2.74 bits per heavy atom. The Morgan fingerprint density at radius 2 is 2.00 bits per heavy atom. The lowest BCUT2D eigenvalue weighted by atomic mass is 10.0. The molecule has 0 bridgehead atoms. The first-order valence-corrected chi connectivity index (χ1v) is 9.35. The molecular formula is C20H17BrFN3O2. The molecule has 1 heterocycles. The molecule has 3 aromatic rings. The third kappa shape index (κ3) is 3.88. The van der Waals surface area contributed by atoms with Crippen LogP contribution in [0.1, 0.15) is 24.0 Å². The fraction of sp³-hybridized carbons (Fsp3) is 0.200. The molecule has 0 unspecified atom stereocenters. The van der Waals surface area contributed by atoms with Gasteiger partial charge < -0.3 is 15.0 Å². The monoisotopic (exact) mass is 429 g/mol. The molecule has 1 saturated carbocycles. The van der Waals surface area contributed by atoms with E-state index in [0.29, 0.717) is 22.5 Å². The fourth-order valence-corrected chi connectivity index (χ4v) is 3.31. The number of hydrogen-bond acceptors (Lipinski definition) is 4. The van der Waals surface area contributed by atoms with Gasteiger partial charge in [0, 0.05) is 11.8 Å². The number of halogens is 2. The molecule has 0 aliphatic heterocycles. The summed E-state index contributed by atoms with van der Waals surface area (Å²) in [6.45, 7) is 0.380. The van der Waals surface area contributed by atoms with Crippen LogP contribution < -0.4 is 15.6 Å². The highest BCUT2D eigenvalue weighted by molar-refractivity contribution is 9.10. The predicted octanol–water partition coefficient (Wildman–Crippen LogP) is 4.35. The van der Waals surface area contributed by atoms with E-state index in [-0.39, 0.29) is 17.2 Å². The summed E-state index contributed by atoms with van der Waals surface area (Å²) >= 11 is 3.25. The predicted molar refractivity (Wildman–Crippen MR) is 104 cm³/mol. The molecule has 1 aromatic heterocycles. The van der Waals surface area contributed by atoms with E-state index in [4.69, 9.17) is 4.74 Å². The summed E-state index contributed by atoms with van der Waals surface area (Å²) in [5.41, 5.74) is 0.831. The Kier molecular flexibility index (Phi) is 4.70. The Balaban J connectivity index is 1.63. The van der Waals surface area contributed by atoms with Gasteiger partial charge in [0.25, 0.3) is 5.56 Å². The van der Waals surface area contributed by atoms with Crippen LogP contribution in [0.4, 0.5) is 10.2 Å². The minimum absolute atomic E-state index is 0.195. The van der Waals surface area contributed by atoms with E-state index in [2.05, 4.69) is 31.2 Å². The van der Waals surface area contributed by atoms with E-state index in [1.165, 1.54) is 18.3 Å². The lowest BCUT2D eigenvalue weighted by Gasteiger charge is -2.21. The van der Waals surface area contributed by atoms with Gasteiger partial charge in [0.15, 0.2) is 5.82 Å².